The number of carbonyl (C=O) groups is 1. The molecule has 1 heterocycles. The molecule has 5 nitrogen and oxygen atoms in total. The summed E-state index contributed by atoms with van der Waals surface area (Å²) in [6.45, 7) is 1.38. The average molecular weight is 231 g/mol. The number of carbonyl (C=O) groups excluding carboxylic acids is 1. The summed E-state index contributed by atoms with van der Waals surface area (Å²) < 4.78 is 0. The Morgan fingerprint density at radius 3 is 2.71 bits per heavy atom. The number of aliphatic imine (C=N–C) groups is 1. The van der Waals surface area contributed by atoms with Gasteiger partial charge in [0.1, 0.15) is 0 Å². The monoisotopic (exact) mass is 231 g/mol. The van der Waals surface area contributed by atoms with Gasteiger partial charge < -0.3 is 10.5 Å². The molecule has 0 unspecified atom stereocenters. The molecule has 2 N–H and O–H groups in total. The van der Waals surface area contributed by atoms with E-state index in [1.807, 2.05) is 6.07 Å². The highest BCUT2D eigenvalue weighted by Gasteiger charge is 2.21. The summed E-state index contributed by atoms with van der Waals surface area (Å²) in [4.78, 5) is 16.2. The number of ketones is 1. The van der Waals surface area contributed by atoms with E-state index in [0.29, 0.717) is 17.9 Å². The number of nitrogens with one attached hydrogen (secondary N) is 1. The Morgan fingerprint density at radius 2 is 2.12 bits per heavy atom. The summed E-state index contributed by atoms with van der Waals surface area (Å²) in [6, 6.07) is 8.70. The number of hydrogen-bond donors (Lipinski definition) is 2. The highest BCUT2D eigenvalue weighted by molar-refractivity contribution is 6.69. The average Bonchev–Trinajstić information content (AvgIpc) is 2.42. The molecule has 0 saturated heterocycles. The van der Waals surface area contributed by atoms with Crippen molar-refractivity contribution in [2.45, 2.75) is 6.42 Å². The van der Waals surface area contributed by atoms with E-state index in [0.717, 1.165) is 13.0 Å². The second-order valence-electron chi connectivity index (χ2n) is 3.65. The van der Waals surface area contributed by atoms with Crippen LogP contribution in [0.3, 0.4) is 0 Å². The largest absolute Gasteiger partial charge is 0.410 e. The normalized spacial score (nSPS) is 16.0. The topological polar surface area (TPSA) is 74.0 Å². The van der Waals surface area contributed by atoms with Gasteiger partial charge in [0.25, 0.3) is 0 Å². The minimum atomic E-state index is -0.332. The number of Topliss-reactive ketones (excluding diaryl/α,β-unsaturated/α-hetero) is 1. The Bertz CT molecular complexity index is 466. The van der Waals surface area contributed by atoms with Crippen molar-refractivity contribution in [2.24, 2.45) is 10.1 Å². The lowest BCUT2D eigenvalue weighted by Gasteiger charge is -2.14. The minimum Gasteiger partial charge on any atom is -0.410 e. The highest BCUT2D eigenvalue weighted by atomic mass is 16.4. The van der Waals surface area contributed by atoms with Crippen molar-refractivity contribution >= 4 is 17.3 Å². The fourth-order valence-electron chi connectivity index (χ4n) is 1.62. The van der Waals surface area contributed by atoms with Crippen LogP contribution in [-0.4, -0.2) is 35.6 Å². The zero-order chi connectivity index (χ0) is 12.1. The molecule has 1 aromatic rings. The van der Waals surface area contributed by atoms with Gasteiger partial charge in [0.15, 0.2) is 11.5 Å². The van der Waals surface area contributed by atoms with E-state index in [-0.39, 0.29) is 11.5 Å². The molecule has 88 valence electrons. The van der Waals surface area contributed by atoms with Crippen molar-refractivity contribution in [2.75, 3.05) is 13.1 Å². The van der Waals surface area contributed by atoms with Gasteiger partial charge in [0, 0.05) is 18.7 Å². The number of amidine groups is 1. The molecule has 5 heteroatoms. The fraction of sp³-hybridized carbons (Fsp3) is 0.250. The molecule has 17 heavy (non-hydrogen) atoms. The molecule has 0 atom stereocenters. The van der Waals surface area contributed by atoms with E-state index in [1.165, 1.54) is 0 Å². The number of hydrogen-bond acceptors (Lipinski definition) is 5. The van der Waals surface area contributed by atoms with Crippen molar-refractivity contribution in [3.05, 3.63) is 35.9 Å². The molecule has 0 spiro atoms. The first kappa shape index (κ1) is 11.3. The summed E-state index contributed by atoms with van der Waals surface area (Å²) >= 11 is 0. The van der Waals surface area contributed by atoms with Crippen LogP contribution in [0, 0.1) is 0 Å². The van der Waals surface area contributed by atoms with Gasteiger partial charge in [-0.15, -0.1) is 0 Å². The maximum Gasteiger partial charge on any atom is 0.218 e. The second-order valence-corrected chi connectivity index (χ2v) is 3.65. The molecule has 0 radical (unpaired) electrons. The van der Waals surface area contributed by atoms with Crippen LogP contribution in [-0.2, 0) is 0 Å². The predicted molar refractivity (Wildman–Crippen MR) is 64.9 cm³/mol. The molecule has 0 bridgehead atoms. The van der Waals surface area contributed by atoms with E-state index >= 15 is 0 Å². The zero-order valence-electron chi connectivity index (χ0n) is 9.26. The lowest BCUT2D eigenvalue weighted by atomic mass is 10.1. The van der Waals surface area contributed by atoms with Gasteiger partial charge in [-0.1, -0.05) is 35.5 Å². The van der Waals surface area contributed by atoms with Gasteiger partial charge in [-0.2, -0.15) is 0 Å². The summed E-state index contributed by atoms with van der Waals surface area (Å²) in [5.41, 5.74) is 0.450. The smallest absolute Gasteiger partial charge is 0.218 e. The Hall–Kier alpha value is -2.17. The molecule has 0 amide bonds. The van der Waals surface area contributed by atoms with E-state index in [4.69, 9.17) is 5.21 Å². The third-order valence-electron chi connectivity index (χ3n) is 2.47. The molecule has 0 aliphatic carbocycles. The molecule has 1 aliphatic rings. The number of oxime groups is 1. The molecule has 0 saturated carbocycles. The summed E-state index contributed by atoms with van der Waals surface area (Å²) in [5.74, 6) is 0.0360. The van der Waals surface area contributed by atoms with Crippen LogP contribution in [0.1, 0.15) is 16.8 Å². The van der Waals surface area contributed by atoms with Crippen molar-refractivity contribution < 1.29 is 10.0 Å². The van der Waals surface area contributed by atoms with Crippen LogP contribution >= 0.6 is 0 Å². The number of benzene rings is 1. The molecule has 1 aliphatic heterocycles. The van der Waals surface area contributed by atoms with E-state index in [1.54, 1.807) is 24.3 Å². The lowest BCUT2D eigenvalue weighted by molar-refractivity contribution is 0.106. The Kier molecular flexibility index (Phi) is 3.49. The first-order valence-corrected chi connectivity index (χ1v) is 5.43. The Morgan fingerprint density at radius 1 is 1.35 bits per heavy atom. The maximum absolute atomic E-state index is 12.1. The van der Waals surface area contributed by atoms with Crippen LogP contribution in [0.15, 0.2) is 40.5 Å². The highest BCUT2D eigenvalue weighted by Crippen LogP contribution is 2.03. The van der Waals surface area contributed by atoms with Crippen LogP contribution in [0.4, 0.5) is 0 Å². The molecule has 0 aromatic heterocycles. The second kappa shape index (κ2) is 5.25. The first-order valence-electron chi connectivity index (χ1n) is 5.43. The van der Waals surface area contributed by atoms with Crippen LogP contribution in [0.5, 0.6) is 0 Å². The van der Waals surface area contributed by atoms with Crippen molar-refractivity contribution in [3.8, 4) is 0 Å². The minimum absolute atomic E-state index is 0.0316. The van der Waals surface area contributed by atoms with Gasteiger partial charge in [-0.05, 0) is 6.42 Å². The first-order chi connectivity index (χ1) is 8.33. The SMILES string of the molecule is O=C(/C(=N/O)C1=NCCCN1)c1ccccc1. The lowest BCUT2D eigenvalue weighted by Crippen LogP contribution is -2.39. The quantitative estimate of drug-likeness (QED) is 0.354. The zero-order valence-corrected chi connectivity index (χ0v) is 9.26. The molecule has 2 rings (SSSR count). The molecule has 0 fully saturated rings. The molecular weight excluding hydrogens is 218 g/mol. The van der Waals surface area contributed by atoms with E-state index < -0.39 is 0 Å². The Labute approximate surface area is 98.9 Å². The summed E-state index contributed by atoms with van der Waals surface area (Å²) in [5, 5.41) is 15.0. The Balaban J connectivity index is 2.26. The van der Waals surface area contributed by atoms with E-state index in [2.05, 4.69) is 15.5 Å². The summed E-state index contributed by atoms with van der Waals surface area (Å²) in [6.07, 6.45) is 0.918. The third kappa shape index (κ3) is 2.50. The van der Waals surface area contributed by atoms with Crippen LogP contribution in [0.25, 0.3) is 0 Å². The van der Waals surface area contributed by atoms with E-state index in [9.17, 15) is 4.79 Å². The fourth-order valence-corrected chi connectivity index (χ4v) is 1.62. The van der Waals surface area contributed by atoms with Gasteiger partial charge in [0.05, 0.1) is 0 Å². The maximum atomic E-state index is 12.1. The van der Waals surface area contributed by atoms with Gasteiger partial charge in [0.2, 0.25) is 5.78 Å². The van der Waals surface area contributed by atoms with Gasteiger partial charge in [-0.25, -0.2) is 0 Å². The van der Waals surface area contributed by atoms with Crippen LogP contribution < -0.4 is 5.32 Å². The molecule has 1 aromatic carbocycles. The predicted octanol–water partition coefficient (Wildman–Crippen LogP) is 1.09. The molecular formula is C12H13N3O2. The number of nitrogens with zero attached hydrogens (tertiary/aromatic N) is 2. The van der Waals surface area contributed by atoms with Gasteiger partial charge >= 0.3 is 0 Å². The number of rotatable bonds is 3. The van der Waals surface area contributed by atoms with Crippen molar-refractivity contribution in [1.29, 1.82) is 0 Å². The van der Waals surface area contributed by atoms with Crippen molar-refractivity contribution in [3.63, 3.8) is 0 Å². The standard InChI is InChI=1S/C12H13N3O2/c16-11(9-5-2-1-3-6-9)10(15-17)12-13-7-4-8-14-12/h1-3,5-6,17H,4,7-8H2,(H,13,14)/b15-10-. The van der Waals surface area contributed by atoms with Gasteiger partial charge in [-0.3, -0.25) is 9.79 Å². The van der Waals surface area contributed by atoms with Crippen LogP contribution in [0.2, 0.25) is 0 Å². The summed E-state index contributed by atoms with van der Waals surface area (Å²) in [7, 11) is 0. The third-order valence-corrected chi connectivity index (χ3v) is 2.47. The van der Waals surface area contributed by atoms with Crippen molar-refractivity contribution in [1.82, 2.24) is 5.32 Å².